The lowest BCUT2D eigenvalue weighted by Gasteiger charge is -2.13. The van der Waals surface area contributed by atoms with Crippen molar-refractivity contribution < 1.29 is 23.2 Å². The molecule has 2 aromatic carbocycles. The van der Waals surface area contributed by atoms with Crippen LogP contribution in [0.3, 0.4) is 0 Å². The third-order valence-corrected chi connectivity index (χ3v) is 4.55. The maximum Gasteiger partial charge on any atom is 0.268 e. The molecule has 1 aliphatic rings. The molecule has 2 N–H and O–H groups in total. The number of oxime groups is 1. The third-order valence-electron chi connectivity index (χ3n) is 4.55. The summed E-state index contributed by atoms with van der Waals surface area (Å²) in [7, 11) is 0. The van der Waals surface area contributed by atoms with E-state index in [0.717, 1.165) is 0 Å². The molecule has 0 saturated carbocycles. The number of para-hydroxylation sites is 1. The average Bonchev–Trinajstić information content (AvgIpc) is 3.45. The fraction of sp³-hybridized carbons (Fsp3) is 0.136. The van der Waals surface area contributed by atoms with Crippen LogP contribution >= 0.6 is 0 Å². The van der Waals surface area contributed by atoms with Gasteiger partial charge in [0.05, 0.1) is 29.8 Å². The average molecular weight is 407 g/mol. The van der Waals surface area contributed by atoms with Crippen molar-refractivity contribution >= 4 is 23.2 Å². The topological polar surface area (TPSA) is 92.9 Å². The van der Waals surface area contributed by atoms with E-state index in [1.54, 1.807) is 48.5 Å². The van der Waals surface area contributed by atoms with Gasteiger partial charge in [0.2, 0.25) is 6.10 Å². The van der Waals surface area contributed by atoms with Crippen LogP contribution in [0.4, 0.5) is 10.1 Å². The molecule has 4 rings (SSSR count). The highest BCUT2D eigenvalue weighted by Crippen LogP contribution is 2.21. The number of nitrogens with one attached hydrogen (secondary N) is 2. The van der Waals surface area contributed by atoms with Gasteiger partial charge in [0.25, 0.3) is 11.8 Å². The first-order chi connectivity index (χ1) is 14.6. The zero-order valence-electron chi connectivity index (χ0n) is 15.8. The second-order valence-corrected chi connectivity index (χ2v) is 6.64. The fourth-order valence-corrected chi connectivity index (χ4v) is 3.04. The number of halogens is 1. The van der Waals surface area contributed by atoms with Crippen LogP contribution in [0.5, 0.6) is 0 Å². The van der Waals surface area contributed by atoms with Crippen LogP contribution in [0.25, 0.3) is 0 Å². The Morgan fingerprint density at radius 2 is 1.97 bits per heavy atom. The van der Waals surface area contributed by atoms with E-state index < -0.39 is 17.8 Å². The molecule has 7 nitrogen and oxygen atoms in total. The Balaban J connectivity index is 1.40. The number of carbonyl (C=O) groups excluding carboxylic acids is 2. The first-order valence-corrected chi connectivity index (χ1v) is 9.29. The summed E-state index contributed by atoms with van der Waals surface area (Å²) >= 11 is 0. The number of benzene rings is 2. The molecule has 1 unspecified atom stereocenters. The van der Waals surface area contributed by atoms with E-state index in [4.69, 9.17) is 9.25 Å². The second kappa shape index (κ2) is 8.60. The lowest BCUT2D eigenvalue weighted by molar-refractivity contribution is -0.125. The first kappa shape index (κ1) is 19.4. The molecule has 30 heavy (non-hydrogen) atoms. The minimum atomic E-state index is -0.873. The van der Waals surface area contributed by atoms with E-state index in [2.05, 4.69) is 15.8 Å². The summed E-state index contributed by atoms with van der Waals surface area (Å²) in [5, 5.41) is 9.37. The third kappa shape index (κ3) is 4.38. The molecule has 2 heterocycles. The summed E-state index contributed by atoms with van der Waals surface area (Å²) in [6, 6.07) is 16.1. The number of amides is 2. The minimum Gasteiger partial charge on any atom is -0.467 e. The van der Waals surface area contributed by atoms with Crippen molar-refractivity contribution in [3.63, 3.8) is 0 Å². The Hall–Kier alpha value is -3.94. The highest BCUT2D eigenvalue weighted by atomic mass is 19.1. The van der Waals surface area contributed by atoms with Gasteiger partial charge in [0.15, 0.2) is 0 Å². The van der Waals surface area contributed by atoms with Gasteiger partial charge in [-0.05, 0) is 36.4 Å². The summed E-state index contributed by atoms with van der Waals surface area (Å²) in [5.74, 6) is -0.577. The Kier molecular flexibility index (Phi) is 5.56. The zero-order valence-corrected chi connectivity index (χ0v) is 15.8. The van der Waals surface area contributed by atoms with Gasteiger partial charge in [0, 0.05) is 12.0 Å². The van der Waals surface area contributed by atoms with Gasteiger partial charge in [-0.15, -0.1) is 0 Å². The molecule has 1 aliphatic heterocycles. The number of furan rings is 1. The molecule has 8 heteroatoms. The number of nitrogens with zero attached hydrogens (tertiary/aromatic N) is 1. The van der Waals surface area contributed by atoms with Crippen molar-refractivity contribution in [1.82, 2.24) is 5.32 Å². The molecule has 0 aliphatic carbocycles. The van der Waals surface area contributed by atoms with Crippen LogP contribution in [-0.4, -0.2) is 23.6 Å². The lowest BCUT2D eigenvalue weighted by Crippen LogP contribution is -2.30. The normalized spacial score (nSPS) is 15.2. The maximum absolute atomic E-state index is 13.4. The van der Waals surface area contributed by atoms with Crippen molar-refractivity contribution in [3.8, 4) is 0 Å². The van der Waals surface area contributed by atoms with Crippen LogP contribution in [0.15, 0.2) is 76.5 Å². The SMILES string of the molecule is O=C(NCc1ccco1)c1ccccc1NC(=O)C1CC(c2cccc(F)c2)=NO1. The maximum atomic E-state index is 13.4. The summed E-state index contributed by atoms with van der Waals surface area (Å²) in [5.41, 5.74) is 1.70. The molecule has 1 aromatic heterocycles. The number of carbonyl (C=O) groups is 2. The summed E-state index contributed by atoms with van der Waals surface area (Å²) in [4.78, 5) is 30.4. The first-order valence-electron chi connectivity index (χ1n) is 9.29. The Morgan fingerprint density at radius 1 is 1.10 bits per heavy atom. The van der Waals surface area contributed by atoms with Crippen molar-refractivity contribution in [2.24, 2.45) is 5.16 Å². The predicted molar refractivity (Wildman–Crippen MR) is 107 cm³/mol. The standard InChI is InChI=1S/C22H18FN3O4/c23-15-6-3-5-14(11-15)19-12-20(30-26-19)22(28)25-18-9-2-1-8-17(18)21(27)24-13-16-7-4-10-29-16/h1-11,20H,12-13H2,(H,24,27)(H,25,28). The molecular formula is C22H18FN3O4. The van der Waals surface area contributed by atoms with Gasteiger partial charge >= 0.3 is 0 Å². The van der Waals surface area contributed by atoms with Crippen molar-refractivity contribution in [3.05, 3.63) is 89.6 Å². The van der Waals surface area contributed by atoms with E-state index in [1.165, 1.54) is 18.4 Å². The smallest absolute Gasteiger partial charge is 0.268 e. The van der Waals surface area contributed by atoms with E-state index >= 15 is 0 Å². The van der Waals surface area contributed by atoms with Crippen LogP contribution in [0.1, 0.15) is 28.1 Å². The quantitative estimate of drug-likeness (QED) is 0.654. The molecule has 1 atom stereocenters. The molecule has 2 amide bonds. The summed E-state index contributed by atoms with van der Waals surface area (Å²) in [6.07, 6.45) is 0.849. The van der Waals surface area contributed by atoms with E-state index in [9.17, 15) is 14.0 Å². The minimum absolute atomic E-state index is 0.197. The number of hydrogen-bond acceptors (Lipinski definition) is 5. The lowest BCUT2D eigenvalue weighted by atomic mass is 10.0. The molecule has 3 aromatic rings. The second-order valence-electron chi connectivity index (χ2n) is 6.64. The van der Waals surface area contributed by atoms with E-state index in [1.807, 2.05) is 0 Å². The molecule has 0 radical (unpaired) electrons. The highest BCUT2D eigenvalue weighted by Gasteiger charge is 2.29. The van der Waals surface area contributed by atoms with Crippen molar-refractivity contribution in [2.45, 2.75) is 19.1 Å². The predicted octanol–water partition coefficient (Wildman–Crippen LogP) is 3.48. The van der Waals surface area contributed by atoms with Gasteiger partial charge in [-0.1, -0.05) is 29.4 Å². The largest absolute Gasteiger partial charge is 0.467 e. The Bertz CT molecular complexity index is 1100. The van der Waals surface area contributed by atoms with Crippen molar-refractivity contribution in [1.29, 1.82) is 0 Å². The highest BCUT2D eigenvalue weighted by molar-refractivity contribution is 6.08. The van der Waals surface area contributed by atoms with Gasteiger partial charge in [-0.25, -0.2) is 4.39 Å². The van der Waals surface area contributed by atoms with E-state index in [-0.39, 0.29) is 18.9 Å². The molecular weight excluding hydrogens is 389 g/mol. The Labute approximate surface area is 171 Å². The molecule has 0 saturated heterocycles. The summed E-state index contributed by atoms with van der Waals surface area (Å²) in [6.45, 7) is 0.227. The molecule has 0 fully saturated rings. The Morgan fingerprint density at radius 3 is 2.77 bits per heavy atom. The molecule has 152 valence electrons. The van der Waals surface area contributed by atoms with Gasteiger partial charge < -0.3 is 19.9 Å². The van der Waals surface area contributed by atoms with Crippen LogP contribution in [0.2, 0.25) is 0 Å². The van der Waals surface area contributed by atoms with Gasteiger partial charge in [-0.2, -0.15) is 0 Å². The van der Waals surface area contributed by atoms with Gasteiger partial charge in [-0.3, -0.25) is 9.59 Å². The number of rotatable bonds is 6. The van der Waals surface area contributed by atoms with E-state index in [0.29, 0.717) is 28.3 Å². The number of anilines is 1. The zero-order chi connectivity index (χ0) is 20.9. The monoisotopic (exact) mass is 407 g/mol. The van der Waals surface area contributed by atoms with Crippen LogP contribution < -0.4 is 10.6 Å². The molecule has 0 spiro atoms. The summed E-state index contributed by atoms with van der Waals surface area (Å²) < 4.78 is 18.6. The van der Waals surface area contributed by atoms with Crippen molar-refractivity contribution in [2.75, 3.05) is 5.32 Å². The van der Waals surface area contributed by atoms with Crippen LogP contribution in [-0.2, 0) is 16.2 Å². The molecule has 0 bridgehead atoms. The fourth-order valence-electron chi connectivity index (χ4n) is 3.04. The van der Waals surface area contributed by atoms with Gasteiger partial charge in [0.1, 0.15) is 11.6 Å². The number of hydrogen-bond donors (Lipinski definition) is 2. The van der Waals surface area contributed by atoms with Crippen LogP contribution in [0, 0.1) is 5.82 Å².